The van der Waals surface area contributed by atoms with Crippen LogP contribution in [-0.2, 0) is 0 Å². The van der Waals surface area contributed by atoms with Crippen LogP contribution >= 0.6 is 38.6 Å². The van der Waals surface area contributed by atoms with Gasteiger partial charge in [-0.2, -0.15) is 11.3 Å². The highest BCUT2D eigenvalue weighted by Gasteiger charge is 2.15. The van der Waals surface area contributed by atoms with Gasteiger partial charge in [-0.15, -0.1) is 11.3 Å². The zero-order valence-electron chi connectivity index (χ0n) is 7.53. The summed E-state index contributed by atoms with van der Waals surface area (Å²) in [5.41, 5.74) is 1.98. The van der Waals surface area contributed by atoms with E-state index in [4.69, 9.17) is 0 Å². The van der Waals surface area contributed by atoms with Gasteiger partial charge in [-0.1, -0.05) is 0 Å². The SMILES string of the molecule is Cc1sc(Br)cc1C(O)c1ccsc1. The van der Waals surface area contributed by atoms with Crippen LogP contribution in [0.25, 0.3) is 0 Å². The van der Waals surface area contributed by atoms with Crippen molar-refractivity contribution in [3.05, 3.63) is 42.7 Å². The molecule has 0 saturated carbocycles. The molecule has 1 atom stereocenters. The molecule has 2 aromatic heterocycles. The minimum atomic E-state index is -0.483. The number of aryl methyl sites for hydroxylation is 1. The van der Waals surface area contributed by atoms with Crippen molar-refractivity contribution in [2.75, 3.05) is 0 Å². The first-order chi connectivity index (χ1) is 6.68. The minimum absolute atomic E-state index is 0.483. The molecule has 2 aromatic rings. The van der Waals surface area contributed by atoms with Crippen molar-refractivity contribution in [1.29, 1.82) is 0 Å². The second-order valence-corrected chi connectivity index (χ2v) is 6.44. The Balaban J connectivity index is 2.36. The Bertz CT molecular complexity index is 419. The highest BCUT2D eigenvalue weighted by Crippen LogP contribution is 2.34. The summed E-state index contributed by atoms with van der Waals surface area (Å²) in [6.07, 6.45) is -0.483. The van der Waals surface area contributed by atoms with E-state index in [1.807, 2.05) is 29.8 Å². The second kappa shape index (κ2) is 4.14. The minimum Gasteiger partial charge on any atom is -0.384 e. The quantitative estimate of drug-likeness (QED) is 0.887. The standard InChI is InChI=1S/C10H9BrOS2/c1-6-8(4-9(11)14-6)10(12)7-2-3-13-5-7/h2-5,10,12H,1H3. The van der Waals surface area contributed by atoms with Crippen LogP contribution in [0.2, 0.25) is 0 Å². The maximum Gasteiger partial charge on any atom is 0.106 e. The van der Waals surface area contributed by atoms with Crippen molar-refractivity contribution < 1.29 is 5.11 Å². The summed E-state index contributed by atoms with van der Waals surface area (Å²) in [5.74, 6) is 0. The molecule has 2 rings (SSSR count). The van der Waals surface area contributed by atoms with E-state index in [2.05, 4.69) is 15.9 Å². The molecule has 0 spiro atoms. The maximum atomic E-state index is 10.1. The van der Waals surface area contributed by atoms with E-state index in [-0.39, 0.29) is 0 Å². The summed E-state index contributed by atoms with van der Waals surface area (Å²) in [6.45, 7) is 2.03. The van der Waals surface area contributed by atoms with Crippen molar-refractivity contribution in [2.45, 2.75) is 13.0 Å². The van der Waals surface area contributed by atoms with Crippen LogP contribution in [0.4, 0.5) is 0 Å². The van der Waals surface area contributed by atoms with Gasteiger partial charge in [0, 0.05) is 4.88 Å². The zero-order valence-corrected chi connectivity index (χ0v) is 10.7. The fraction of sp³-hybridized carbons (Fsp3) is 0.200. The Labute approximate surface area is 99.2 Å². The van der Waals surface area contributed by atoms with E-state index in [9.17, 15) is 5.11 Å². The fourth-order valence-corrected chi connectivity index (χ4v) is 3.76. The smallest absolute Gasteiger partial charge is 0.106 e. The predicted molar refractivity (Wildman–Crippen MR) is 65.1 cm³/mol. The van der Waals surface area contributed by atoms with Crippen molar-refractivity contribution in [2.24, 2.45) is 0 Å². The van der Waals surface area contributed by atoms with Gasteiger partial charge in [0.1, 0.15) is 6.10 Å². The molecule has 0 amide bonds. The zero-order chi connectivity index (χ0) is 10.1. The molecule has 0 bridgehead atoms. The summed E-state index contributed by atoms with van der Waals surface area (Å²) < 4.78 is 1.07. The summed E-state index contributed by atoms with van der Waals surface area (Å²) in [5, 5.41) is 14.0. The lowest BCUT2D eigenvalue weighted by atomic mass is 10.1. The predicted octanol–water partition coefficient (Wildman–Crippen LogP) is 3.96. The van der Waals surface area contributed by atoms with Crippen molar-refractivity contribution in [3.63, 3.8) is 0 Å². The van der Waals surface area contributed by atoms with Gasteiger partial charge in [-0.05, 0) is 56.9 Å². The first kappa shape index (κ1) is 10.4. The molecule has 0 radical (unpaired) electrons. The first-order valence-electron chi connectivity index (χ1n) is 4.14. The highest BCUT2D eigenvalue weighted by molar-refractivity contribution is 9.11. The van der Waals surface area contributed by atoms with Crippen molar-refractivity contribution in [1.82, 2.24) is 0 Å². The molecule has 0 aliphatic carbocycles. The Morgan fingerprint density at radius 1 is 1.50 bits per heavy atom. The van der Waals surface area contributed by atoms with Gasteiger partial charge in [0.05, 0.1) is 3.79 Å². The van der Waals surface area contributed by atoms with Gasteiger partial charge in [0.2, 0.25) is 0 Å². The Morgan fingerprint density at radius 2 is 2.29 bits per heavy atom. The molecule has 74 valence electrons. The normalized spacial score (nSPS) is 13.1. The van der Waals surface area contributed by atoms with Crippen LogP contribution in [0.3, 0.4) is 0 Å². The number of thiophene rings is 2. The molecule has 0 saturated heterocycles. The molecular weight excluding hydrogens is 280 g/mol. The summed E-state index contributed by atoms with van der Waals surface area (Å²) in [6, 6.07) is 3.95. The van der Waals surface area contributed by atoms with Gasteiger partial charge < -0.3 is 5.11 Å². The van der Waals surface area contributed by atoms with Crippen LogP contribution in [-0.4, -0.2) is 5.11 Å². The molecule has 1 unspecified atom stereocenters. The third kappa shape index (κ3) is 1.93. The third-order valence-electron chi connectivity index (χ3n) is 2.08. The third-order valence-corrected chi connectivity index (χ3v) is 4.35. The van der Waals surface area contributed by atoms with E-state index in [1.54, 1.807) is 22.7 Å². The van der Waals surface area contributed by atoms with Gasteiger partial charge in [-0.3, -0.25) is 0 Å². The number of halogens is 1. The van der Waals surface area contributed by atoms with E-state index >= 15 is 0 Å². The molecule has 1 N–H and O–H groups in total. The first-order valence-corrected chi connectivity index (χ1v) is 6.69. The van der Waals surface area contributed by atoms with Crippen LogP contribution in [0.15, 0.2) is 26.7 Å². The molecule has 1 nitrogen and oxygen atoms in total. The summed E-state index contributed by atoms with van der Waals surface area (Å²) in [4.78, 5) is 1.16. The average Bonchev–Trinajstić information content (AvgIpc) is 2.73. The van der Waals surface area contributed by atoms with Crippen LogP contribution in [0.1, 0.15) is 22.1 Å². The average molecular weight is 289 g/mol. The number of aliphatic hydroxyl groups is 1. The van der Waals surface area contributed by atoms with Crippen LogP contribution in [0.5, 0.6) is 0 Å². The van der Waals surface area contributed by atoms with Crippen LogP contribution in [0, 0.1) is 6.92 Å². The molecular formula is C10H9BrOS2. The Morgan fingerprint density at radius 3 is 2.79 bits per heavy atom. The molecule has 0 fully saturated rings. The van der Waals surface area contributed by atoms with Gasteiger partial charge >= 0.3 is 0 Å². The maximum absolute atomic E-state index is 10.1. The number of aliphatic hydroxyl groups excluding tert-OH is 1. The lowest BCUT2D eigenvalue weighted by molar-refractivity contribution is 0.220. The lowest BCUT2D eigenvalue weighted by Crippen LogP contribution is -1.97. The molecule has 0 aliphatic heterocycles. The molecule has 0 aliphatic rings. The van der Waals surface area contributed by atoms with E-state index < -0.39 is 6.10 Å². The van der Waals surface area contributed by atoms with E-state index in [1.165, 1.54) is 0 Å². The largest absolute Gasteiger partial charge is 0.384 e. The van der Waals surface area contributed by atoms with E-state index in [0.717, 1.165) is 19.8 Å². The molecule has 0 aromatic carbocycles. The van der Waals surface area contributed by atoms with Gasteiger partial charge in [-0.25, -0.2) is 0 Å². The Kier molecular flexibility index (Phi) is 3.07. The second-order valence-electron chi connectivity index (χ2n) is 3.02. The Hall–Kier alpha value is -0.160. The van der Waals surface area contributed by atoms with Crippen LogP contribution < -0.4 is 0 Å². The number of rotatable bonds is 2. The molecule has 14 heavy (non-hydrogen) atoms. The summed E-state index contributed by atoms with van der Waals surface area (Å²) in [7, 11) is 0. The monoisotopic (exact) mass is 288 g/mol. The van der Waals surface area contributed by atoms with Gasteiger partial charge in [0.15, 0.2) is 0 Å². The van der Waals surface area contributed by atoms with Gasteiger partial charge in [0.25, 0.3) is 0 Å². The molecule has 4 heteroatoms. The molecule has 2 heterocycles. The number of hydrogen-bond donors (Lipinski definition) is 1. The number of hydrogen-bond acceptors (Lipinski definition) is 3. The highest BCUT2D eigenvalue weighted by atomic mass is 79.9. The topological polar surface area (TPSA) is 20.2 Å². The fourth-order valence-electron chi connectivity index (χ4n) is 1.34. The van der Waals surface area contributed by atoms with Crippen molar-refractivity contribution in [3.8, 4) is 0 Å². The lowest BCUT2D eigenvalue weighted by Gasteiger charge is -2.07. The van der Waals surface area contributed by atoms with Crippen molar-refractivity contribution >= 4 is 38.6 Å². The van der Waals surface area contributed by atoms with E-state index in [0.29, 0.717) is 0 Å². The summed E-state index contributed by atoms with van der Waals surface area (Å²) >= 11 is 6.69.